The Morgan fingerprint density at radius 3 is 2.91 bits per heavy atom. The standard InChI is InChI=1S/C24H29N7O2/c1-4-15-33-22-19(5-2)17-26-24(28-22)31-12-6-11-30(13-14-31)23(32)20-16-18(3)7-8-21(20)29-27-10-9-25/h4-5,7-10,16-17,25,29H,1-2,6,11-15H2,3H3/b25-9?,27-10-. The fourth-order valence-electron chi connectivity index (χ4n) is 3.48. The lowest BCUT2D eigenvalue weighted by Gasteiger charge is -2.23. The number of aryl methyl sites for hydroxylation is 1. The number of nitrogens with zero attached hydrogens (tertiary/aromatic N) is 5. The minimum atomic E-state index is -0.0639. The molecule has 3 rings (SSSR count). The molecule has 1 aromatic heterocycles. The lowest BCUT2D eigenvalue weighted by molar-refractivity contribution is 0.0768. The number of aromatic nitrogens is 2. The van der Waals surface area contributed by atoms with Crippen LogP contribution in [0.5, 0.6) is 5.88 Å². The molecule has 1 saturated heterocycles. The number of ether oxygens (including phenoxy) is 1. The molecule has 9 nitrogen and oxygen atoms in total. The molecule has 0 saturated carbocycles. The van der Waals surface area contributed by atoms with Gasteiger partial charge in [-0.05, 0) is 25.5 Å². The fraction of sp³-hybridized carbons (Fsp3) is 0.292. The van der Waals surface area contributed by atoms with Gasteiger partial charge in [-0.2, -0.15) is 10.1 Å². The van der Waals surface area contributed by atoms with Gasteiger partial charge in [-0.25, -0.2) is 4.98 Å². The van der Waals surface area contributed by atoms with Gasteiger partial charge in [-0.1, -0.05) is 36.9 Å². The molecule has 1 aliphatic heterocycles. The molecule has 2 N–H and O–H groups in total. The van der Waals surface area contributed by atoms with E-state index in [9.17, 15) is 4.79 Å². The zero-order chi connectivity index (χ0) is 23.6. The maximum atomic E-state index is 13.4. The average molecular weight is 448 g/mol. The first kappa shape index (κ1) is 23.6. The molecule has 0 radical (unpaired) electrons. The molecule has 33 heavy (non-hydrogen) atoms. The highest BCUT2D eigenvalue weighted by atomic mass is 16.5. The number of nitrogens with one attached hydrogen (secondary N) is 2. The quantitative estimate of drug-likeness (QED) is 0.347. The highest BCUT2D eigenvalue weighted by Crippen LogP contribution is 2.23. The molecule has 2 aromatic rings. The SMILES string of the molecule is C=CCOc1nc(N2CCCN(C(=O)c3cc(C)ccc3N/N=C\C=N)CC2)ncc1C=C. The lowest BCUT2D eigenvalue weighted by atomic mass is 10.1. The van der Waals surface area contributed by atoms with Crippen LogP contribution in [-0.2, 0) is 0 Å². The van der Waals surface area contributed by atoms with Crippen LogP contribution in [0.3, 0.4) is 0 Å². The number of hydrazone groups is 1. The first-order valence-corrected chi connectivity index (χ1v) is 10.7. The molecule has 172 valence electrons. The van der Waals surface area contributed by atoms with Crippen LogP contribution in [-0.4, -0.2) is 66.0 Å². The summed E-state index contributed by atoms with van der Waals surface area (Å²) in [6.07, 6.45) is 8.19. The molecule has 0 spiro atoms. The third-order valence-electron chi connectivity index (χ3n) is 5.13. The van der Waals surface area contributed by atoms with Crippen molar-refractivity contribution in [1.82, 2.24) is 14.9 Å². The molecule has 0 atom stereocenters. The van der Waals surface area contributed by atoms with E-state index in [1.165, 1.54) is 6.21 Å². The lowest BCUT2D eigenvalue weighted by Crippen LogP contribution is -2.36. The predicted octanol–water partition coefficient (Wildman–Crippen LogP) is 3.39. The number of amides is 1. The summed E-state index contributed by atoms with van der Waals surface area (Å²) in [6, 6.07) is 5.60. The first-order valence-electron chi connectivity index (χ1n) is 10.7. The summed E-state index contributed by atoms with van der Waals surface area (Å²) in [5.74, 6) is 0.965. The van der Waals surface area contributed by atoms with Crippen LogP contribution in [0.1, 0.15) is 27.9 Å². The average Bonchev–Trinajstić information content (AvgIpc) is 3.09. The van der Waals surface area contributed by atoms with Crippen molar-refractivity contribution in [3.05, 3.63) is 60.3 Å². The van der Waals surface area contributed by atoms with Crippen molar-refractivity contribution in [2.75, 3.05) is 43.1 Å². The number of rotatable bonds is 9. The maximum absolute atomic E-state index is 13.4. The Bertz CT molecular complexity index is 1050. The van der Waals surface area contributed by atoms with Crippen molar-refractivity contribution in [2.24, 2.45) is 5.10 Å². The molecule has 0 unspecified atom stereocenters. The molecular formula is C24H29N7O2. The topological polar surface area (TPSA) is 107 Å². The van der Waals surface area contributed by atoms with E-state index in [1.54, 1.807) is 18.3 Å². The number of hydrogen-bond donors (Lipinski definition) is 2. The van der Waals surface area contributed by atoms with E-state index < -0.39 is 0 Å². The first-order chi connectivity index (χ1) is 16.1. The molecule has 0 aliphatic carbocycles. The third kappa shape index (κ3) is 6.03. The van der Waals surface area contributed by atoms with Gasteiger partial charge < -0.3 is 19.9 Å². The fourth-order valence-corrected chi connectivity index (χ4v) is 3.48. The van der Waals surface area contributed by atoms with E-state index in [1.807, 2.05) is 30.0 Å². The minimum Gasteiger partial charge on any atom is -0.473 e. The van der Waals surface area contributed by atoms with Crippen LogP contribution < -0.4 is 15.1 Å². The Kier molecular flexibility index (Phi) is 8.29. The van der Waals surface area contributed by atoms with E-state index in [-0.39, 0.29) is 5.91 Å². The van der Waals surface area contributed by atoms with Gasteiger partial charge in [0.05, 0.1) is 23.0 Å². The maximum Gasteiger partial charge on any atom is 0.256 e. The summed E-state index contributed by atoms with van der Waals surface area (Å²) in [4.78, 5) is 26.3. The molecule has 1 aliphatic rings. The van der Waals surface area contributed by atoms with Crippen molar-refractivity contribution >= 4 is 36.0 Å². The van der Waals surface area contributed by atoms with Gasteiger partial charge in [0.1, 0.15) is 6.61 Å². The summed E-state index contributed by atoms with van der Waals surface area (Å²) in [5, 5.41) is 11.0. The smallest absolute Gasteiger partial charge is 0.256 e. The van der Waals surface area contributed by atoms with Crippen LogP contribution >= 0.6 is 0 Å². The van der Waals surface area contributed by atoms with E-state index in [2.05, 4.69) is 38.6 Å². The van der Waals surface area contributed by atoms with Crippen LogP contribution in [0, 0.1) is 12.3 Å². The van der Waals surface area contributed by atoms with Crippen molar-refractivity contribution in [2.45, 2.75) is 13.3 Å². The van der Waals surface area contributed by atoms with Gasteiger partial charge in [-0.15, -0.1) is 0 Å². The Morgan fingerprint density at radius 1 is 1.30 bits per heavy atom. The zero-order valence-corrected chi connectivity index (χ0v) is 18.8. The van der Waals surface area contributed by atoms with Crippen LogP contribution in [0.4, 0.5) is 11.6 Å². The van der Waals surface area contributed by atoms with Crippen LogP contribution in [0.2, 0.25) is 0 Å². The summed E-state index contributed by atoms with van der Waals surface area (Å²) in [5.41, 5.74) is 5.72. The van der Waals surface area contributed by atoms with Gasteiger partial charge in [0.15, 0.2) is 0 Å². The minimum absolute atomic E-state index is 0.0639. The van der Waals surface area contributed by atoms with Gasteiger partial charge in [-0.3, -0.25) is 10.2 Å². The van der Waals surface area contributed by atoms with E-state index in [0.717, 1.165) is 30.3 Å². The van der Waals surface area contributed by atoms with Crippen LogP contribution in [0.15, 0.2) is 48.7 Å². The summed E-state index contributed by atoms with van der Waals surface area (Å²) in [7, 11) is 0. The van der Waals surface area contributed by atoms with E-state index in [4.69, 9.17) is 10.1 Å². The second-order valence-corrected chi connectivity index (χ2v) is 7.47. The van der Waals surface area contributed by atoms with Gasteiger partial charge in [0.25, 0.3) is 5.91 Å². The van der Waals surface area contributed by atoms with Crippen molar-refractivity contribution in [1.29, 1.82) is 5.41 Å². The monoisotopic (exact) mass is 447 g/mol. The molecule has 1 fully saturated rings. The number of hydrogen-bond acceptors (Lipinski definition) is 8. The number of carbonyl (C=O) groups is 1. The highest BCUT2D eigenvalue weighted by Gasteiger charge is 2.24. The van der Waals surface area contributed by atoms with Gasteiger partial charge >= 0.3 is 0 Å². The van der Waals surface area contributed by atoms with E-state index >= 15 is 0 Å². The molecule has 1 aromatic carbocycles. The normalized spacial score (nSPS) is 14.0. The summed E-state index contributed by atoms with van der Waals surface area (Å²) < 4.78 is 5.66. The molecular weight excluding hydrogens is 418 g/mol. The zero-order valence-electron chi connectivity index (χ0n) is 18.8. The molecule has 0 bridgehead atoms. The summed E-state index contributed by atoms with van der Waals surface area (Å²) in [6.45, 7) is 12.2. The number of benzene rings is 1. The van der Waals surface area contributed by atoms with Gasteiger partial charge in [0.2, 0.25) is 11.8 Å². The highest BCUT2D eigenvalue weighted by molar-refractivity contribution is 6.14. The number of anilines is 2. The van der Waals surface area contributed by atoms with Crippen molar-refractivity contribution < 1.29 is 9.53 Å². The van der Waals surface area contributed by atoms with Crippen LogP contribution in [0.25, 0.3) is 6.08 Å². The largest absolute Gasteiger partial charge is 0.473 e. The van der Waals surface area contributed by atoms with Crippen molar-refractivity contribution in [3.63, 3.8) is 0 Å². The number of carbonyl (C=O) groups excluding carboxylic acids is 1. The van der Waals surface area contributed by atoms with E-state index in [0.29, 0.717) is 49.3 Å². The Labute approximate surface area is 194 Å². The second kappa shape index (κ2) is 11.6. The van der Waals surface area contributed by atoms with Gasteiger partial charge in [0, 0.05) is 38.6 Å². The Hall–Kier alpha value is -4.01. The molecule has 1 amide bonds. The predicted molar refractivity (Wildman–Crippen MR) is 133 cm³/mol. The Balaban J connectivity index is 1.75. The Morgan fingerprint density at radius 2 is 2.15 bits per heavy atom. The third-order valence-corrected chi connectivity index (χ3v) is 5.13. The molecule has 9 heteroatoms. The van der Waals surface area contributed by atoms with Crippen molar-refractivity contribution in [3.8, 4) is 5.88 Å². The molecule has 2 heterocycles. The summed E-state index contributed by atoms with van der Waals surface area (Å²) >= 11 is 0. The second-order valence-electron chi connectivity index (χ2n) is 7.47.